The van der Waals surface area contributed by atoms with E-state index in [0.717, 1.165) is 17.0 Å². The molecule has 0 unspecified atom stereocenters. The number of carbonyl (C=O) groups is 3. The van der Waals surface area contributed by atoms with Crippen LogP contribution in [0.4, 0.5) is 27.6 Å². The molecule has 1 aromatic carbocycles. The van der Waals surface area contributed by atoms with Crippen LogP contribution in [0.25, 0.3) is 11.3 Å². The molecule has 2 fully saturated rings. The van der Waals surface area contributed by atoms with Crippen LogP contribution in [0.5, 0.6) is 0 Å². The minimum absolute atomic E-state index is 0.00152. The van der Waals surface area contributed by atoms with Crippen LogP contribution in [0, 0.1) is 5.92 Å². The number of carbonyl (C=O) groups excluding carboxylic acids is 3. The number of anilines is 1. The van der Waals surface area contributed by atoms with Gasteiger partial charge < -0.3 is 25.0 Å². The van der Waals surface area contributed by atoms with Crippen LogP contribution in [-0.4, -0.2) is 92.5 Å². The van der Waals surface area contributed by atoms with Crippen LogP contribution < -0.4 is 10.6 Å². The highest BCUT2D eigenvalue weighted by atomic mass is 19.4. The van der Waals surface area contributed by atoms with E-state index in [1.807, 2.05) is 6.92 Å². The van der Waals surface area contributed by atoms with Gasteiger partial charge in [-0.15, -0.1) is 0 Å². The summed E-state index contributed by atoms with van der Waals surface area (Å²) in [5.74, 6) is -1.03. The maximum absolute atomic E-state index is 13.6. The molecule has 0 atom stereocenters. The van der Waals surface area contributed by atoms with Gasteiger partial charge in [0.15, 0.2) is 11.5 Å². The molecule has 2 saturated heterocycles. The van der Waals surface area contributed by atoms with Crippen LogP contribution >= 0.6 is 0 Å². The molecule has 0 radical (unpaired) electrons. The Balaban J connectivity index is 1.29. The largest absolute Gasteiger partial charge is 0.435 e. The summed E-state index contributed by atoms with van der Waals surface area (Å²) in [6, 6.07) is 4.80. The quantitative estimate of drug-likeness (QED) is 0.374. The van der Waals surface area contributed by atoms with E-state index in [2.05, 4.69) is 20.7 Å². The lowest BCUT2D eigenvalue weighted by molar-refractivity contribution is -0.141. The molecule has 11 nitrogen and oxygen atoms in total. The first-order valence-corrected chi connectivity index (χ1v) is 14.0. The minimum Gasteiger partial charge on any atom is -0.339 e. The van der Waals surface area contributed by atoms with Crippen LogP contribution in [0.1, 0.15) is 39.2 Å². The second-order valence-electron chi connectivity index (χ2n) is 10.7. The number of nitrogens with one attached hydrogen (secondary N) is 2. The molecule has 4 heterocycles. The van der Waals surface area contributed by atoms with Crippen molar-refractivity contribution < 1.29 is 36.3 Å². The highest BCUT2D eigenvalue weighted by molar-refractivity contribution is 6.03. The predicted molar refractivity (Wildman–Crippen MR) is 148 cm³/mol. The number of alkyl halides is 5. The van der Waals surface area contributed by atoms with E-state index < -0.39 is 36.3 Å². The van der Waals surface area contributed by atoms with Gasteiger partial charge in [-0.1, -0.05) is 6.92 Å². The third kappa shape index (κ3) is 6.30. The third-order valence-electron chi connectivity index (χ3n) is 7.81. The lowest BCUT2D eigenvalue weighted by atomic mass is 10.0. The SMILES string of the molecule is CCc1cc(NC(=O)c2ncc(-c3cn(CC(F)F)nc3C(F)(F)F)n2C)ccc1C(=O)N1CCN(C(=O)C2CNC2)CC1. The zero-order valence-electron chi connectivity index (χ0n) is 24.0. The number of aryl methyl sites for hydroxylation is 1. The van der Waals surface area contributed by atoms with E-state index in [-0.39, 0.29) is 29.3 Å². The second-order valence-corrected chi connectivity index (χ2v) is 10.7. The fraction of sp³-hybridized carbons (Fsp3) is 0.464. The van der Waals surface area contributed by atoms with Crippen molar-refractivity contribution in [1.82, 2.24) is 34.4 Å². The van der Waals surface area contributed by atoms with Gasteiger partial charge in [0.25, 0.3) is 18.2 Å². The molecule has 236 valence electrons. The first-order chi connectivity index (χ1) is 20.9. The maximum atomic E-state index is 13.6. The Bertz CT molecular complexity index is 1550. The summed E-state index contributed by atoms with van der Waals surface area (Å²) in [4.78, 5) is 46.4. The lowest BCUT2D eigenvalue weighted by Crippen LogP contribution is -2.57. The molecule has 16 heteroatoms. The number of amides is 3. The molecule has 0 bridgehead atoms. The number of benzene rings is 1. The number of rotatable bonds is 8. The summed E-state index contributed by atoms with van der Waals surface area (Å²) in [7, 11) is 1.33. The fourth-order valence-electron chi connectivity index (χ4n) is 5.31. The van der Waals surface area contributed by atoms with Gasteiger partial charge in [0, 0.05) is 63.8 Å². The number of hydrogen-bond acceptors (Lipinski definition) is 6. The molecule has 0 aliphatic carbocycles. The molecule has 3 amide bonds. The first kappa shape index (κ1) is 31.1. The van der Waals surface area contributed by atoms with E-state index in [9.17, 15) is 36.3 Å². The second kappa shape index (κ2) is 12.3. The van der Waals surface area contributed by atoms with Crippen LogP contribution in [0.3, 0.4) is 0 Å². The van der Waals surface area contributed by atoms with Crippen molar-refractivity contribution in [3.05, 3.63) is 53.2 Å². The standard InChI is InChI=1S/C28H31F5N8O3/c1-3-16-10-18(4-5-19(16)27(44)40-8-6-39(7-9-40)26(43)17-11-34-12-17)36-25(42)24-35-13-21(38(24)2)20-14-41(15-22(29)30)37-23(20)28(31,32)33/h4-5,10,13-14,17,22,34H,3,6-9,11-12,15H2,1-2H3,(H,36,42). The van der Waals surface area contributed by atoms with Gasteiger partial charge in [0.2, 0.25) is 5.91 Å². The van der Waals surface area contributed by atoms with Crippen LogP contribution in [0.2, 0.25) is 0 Å². The van der Waals surface area contributed by atoms with Gasteiger partial charge in [0.1, 0.15) is 6.54 Å². The van der Waals surface area contributed by atoms with E-state index in [1.165, 1.54) is 7.05 Å². The van der Waals surface area contributed by atoms with Crippen molar-refractivity contribution in [2.45, 2.75) is 32.5 Å². The van der Waals surface area contributed by atoms with E-state index in [0.29, 0.717) is 67.2 Å². The average Bonchev–Trinajstić information content (AvgIpc) is 3.54. The normalized spacial score (nSPS) is 15.9. The smallest absolute Gasteiger partial charge is 0.339 e. The van der Waals surface area contributed by atoms with Crippen molar-refractivity contribution in [1.29, 1.82) is 0 Å². The van der Waals surface area contributed by atoms with Crippen molar-refractivity contribution in [3.8, 4) is 11.3 Å². The number of aromatic nitrogens is 4. The molecule has 2 aromatic heterocycles. The molecule has 5 rings (SSSR count). The predicted octanol–water partition coefficient (Wildman–Crippen LogP) is 2.89. The van der Waals surface area contributed by atoms with Gasteiger partial charge in [-0.2, -0.15) is 18.3 Å². The number of halogens is 5. The summed E-state index contributed by atoms with van der Waals surface area (Å²) in [5.41, 5.74) is -0.511. The topological polar surface area (TPSA) is 117 Å². The number of imidazole rings is 1. The van der Waals surface area contributed by atoms with E-state index >= 15 is 0 Å². The summed E-state index contributed by atoms with van der Waals surface area (Å²) in [5, 5.41) is 9.03. The number of nitrogens with zero attached hydrogens (tertiary/aromatic N) is 6. The summed E-state index contributed by atoms with van der Waals surface area (Å²) < 4.78 is 68.1. The first-order valence-electron chi connectivity index (χ1n) is 14.0. The van der Waals surface area contributed by atoms with Crippen LogP contribution in [-0.2, 0) is 31.0 Å². The summed E-state index contributed by atoms with van der Waals surface area (Å²) >= 11 is 0. The Morgan fingerprint density at radius 3 is 2.36 bits per heavy atom. The number of piperazine rings is 1. The zero-order chi connectivity index (χ0) is 31.8. The average molecular weight is 623 g/mol. The zero-order valence-corrected chi connectivity index (χ0v) is 24.0. The Hall–Kier alpha value is -4.34. The Kier molecular flexibility index (Phi) is 8.72. The Labute approximate surface area is 249 Å². The highest BCUT2D eigenvalue weighted by Crippen LogP contribution is 2.36. The molecule has 2 aliphatic heterocycles. The van der Waals surface area contributed by atoms with E-state index in [1.54, 1.807) is 28.0 Å². The molecular weight excluding hydrogens is 591 g/mol. The lowest BCUT2D eigenvalue weighted by Gasteiger charge is -2.38. The van der Waals surface area contributed by atoms with Crippen molar-refractivity contribution in [2.75, 3.05) is 44.6 Å². The number of hydrogen-bond donors (Lipinski definition) is 2. The van der Waals surface area contributed by atoms with Crippen molar-refractivity contribution in [2.24, 2.45) is 13.0 Å². The molecule has 3 aromatic rings. The van der Waals surface area contributed by atoms with Gasteiger partial charge in [-0.3, -0.25) is 19.1 Å². The van der Waals surface area contributed by atoms with Crippen molar-refractivity contribution >= 4 is 23.4 Å². The third-order valence-corrected chi connectivity index (χ3v) is 7.81. The van der Waals surface area contributed by atoms with Gasteiger partial charge >= 0.3 is 6.18 Å². The summed E-state index contributed by atoms with van der Waals surface area (Å²) in [6.45, 7) is 3.92. The van der Waals surface area contributed by atoms with Crippen LogP contribution in [0.15, 0.2) is 30.6 Å². The molecule has 44 heavy (non-hydrogen) atoms. The van der Waals surface area contributed by atoms with Crippen molar-refractivity contribution in [3.63, 3.8) is 0 Å². The molecule has 0 saturated carbocycles. The Morgan fingerprint density at radius 1 is 1.09 bits per heavy atom. The fourth-order valence-corrected chi connectivity index (χ4v) is 5.31. The van der Waals surface area contributed by atoms with E-state index in [4.69, 9.17) is 0 Å². The molecule has 2 aliphatic rings. The minimum atomic E-state index is -4.93. The summed E-state index contributed by atoms with van der Waals surface area (Å²) in [6.07, 6.45) is -5.47. The molecule has 2 N–H and O–H groups in total. The monoisotopic (exact) mass is 622 g/mol. The van der Waals surface area contributed by atoms with Gasteiger partial charge in [0.05, 0.1) is 23.4 Å². The molecular formula is C28H31F5N8O3. The van der Waals surface area contributed by atoms with Gasteiger partial charge in [-0.25, -0.2) is 13.8 Å². The Morgan fingerprint density at radius 2 is 1.77 bits per heavy atom. The molecule has 0 spiro atoms. The van der Waals surface area contributed by atoms with Gasteiger partial charge in [-0.05, 0) is 30.2 Å². The highest BCUT2D eigenvalue weighted by Gasteiger charge is 2.39. The maximum Gasteiger partial charge on any atom is 0.435 e.